The molecule has 0 atom stereocenters. The zero-order chi connectivity index (χ0) is 23.5. The molecule has 1 heterocycles. The first-order valence-electron chi connectivity index (χ1n) is 10.8. The quantitative estimate of drug-likeness (QED) is 0.507. The number of carbonyl (C=O) groups excluding carboxylic acids is 2. The molecule has 1 aliphatic rings. The maximum absolute atomic E-state index is 14.3. The molecule has 6 heteroatoms. The lowest BCUT2D eigenvalue weighted by Crippen LogP contribution is -2.32. The number of carbonyl (C=O) groups is 2. The van der Waals surface area contributed by atoms with Crippen LogP contribution in [0.5, 0.6) is 5.75 Å². The molecule has 0 saturated carbocycles. The van der Waals surface area contributed by atoms with Crippen LogP contribution in [-0.4, -0.2) is 23.3 Å². The summed E-state index contributed by atoms with van der Waals surface area (Å²) in [4.78, 5) is 27.9. The molecule has 3 aromatic rings. The lowest BCUT2D eigenvalue weighted by molar-refractivity contribution is -0.137. The molecule has 4 rings (SSSR count). The average Bonchev–Trinajstić information content (AvgIpc) is 3.03. The molecule has 33 heavy (non-hydrogen) atoms. The van der Waals surface area contributed by atoms with E-state index in [9.17, 15) is 14.0 Å². The Labute approximate surface area is 192 Å². The second-order valence-corrected chi connectivity index (χ2v) is 7.92. The highest BCUT2D eigenvalue weighted by Gasteiger charge is 2.39. The van der Waals surface area contributed by atoms with E-state index in [0.29, 0.717) is 23.6 Å². The number of ether oxygens (including phenoxy) is 1. The molecule has 0 bridgehead atoms. The average molecular weight is 445 g/mol. The van der Waals surface area contributed by atoms with Gasteiger partial charge in [0.1, 0.15) is 17.3 Å². The molecule has 0 spiro atoms. The molecule has 2 amide bonds. The van der Waals surface area contributed by atoms with Gasteiger partial charge in [-0.3, -0.25) is 14.5 Å². The highest BCUT2D eigenvalue weighted by Crippen LogP contribution is 2.33. The van der Waals surface area contributed by atoms with Gasteiger partial charge in [0.25, 0.3) is 11.8 Å². The zero-order valence-corrected chi connectivity index (χ0v) is 18.8. The fraction of sp³-hybridized carbons (Fsp3) is 0.185. The number of rotatable bonds is 7. The Balaban J connectivity index is 1.74. The Hall–Kier alpha value is -3.93. The number of hydrogen-bond acceptors (Lipinski definition) is 4. The van der Waals surface area contributed by atoms with Crippen molar-refractivity contribution in [2.24, 2.45) is 0 Å². The first kappa shape index (κ1) is 22.3. The third-order valence-electron chi connectivity index (χ3n) is 5.68. The highest BCUT2D eigenvalue weighted by atomic mass is 19.1. The van der Waals surface area contributed by atoms with E-state index in [1.807, 2.05) is 39.0 Å². The van der Waals surface area contributed by atoms with Gasteiger partial charge < -0.3 is 10.1 Å². The molecular weight excluding hydrogens is 419 g/mol. The van der Waals surface area contributed by atoms with Crippen LogP contribution in [0.15, 0.2) is 72.4 Å². The molecule has 168 valence electrons. The van der Waals surface area contributed by atoms with E-state index in [4.69, 9.17) is 4.74 Å². The number of nitrogens with one attached hydrogen (secondary N) is 1. The SMILES string of the molecule is CCOc1ccc(C2=C(Nc3ccc(C)c(C)c3)C(=O)N(Cc3ccccc3F)C2=O)cc1. The van der Waals surface area contributed by atoms with Crippen LogP contribution in [0.2, 0.25) is 0 Å². The van der Waals surface area contributed by atoms with Gasteiger partial charge in [-0.15, -0.1) is 0 Å². The van der Waals surface area contributed by atoms with Crippen molar-refractivity contribution < 1.29 is 18.7 Å². The van der Waals surface area contributed by atoms with Crippen LogP contribution in [-0.2, 0) is 16.1 Å². The van der Waals surface area contributed by atoms with Crippen LogP contribution in [0.3, 0.4) is 0 Å². The standard InChI is InChI=1S/C27H25FN2O3/c1-4-33-22-13-10-19(11-14-22)24-25(29-21-12-9-17(2)18(3)15-21)27(32)30(26(24)31)16-20-7-5-6-8-23(20)28/h5-15,29H,4,16H2,1-3H3. The minimum atomic E-state index is -0.495. The molecule has 3 aromatic carbocycles. The van der Waals surface area contributed by atoms with Crippen LogP contribution in [0.1, 0.15) is 29.2 Å². The van der Waals surface area contributed by atoms with Crippen molar-refractivity contribution in [3.8, 4) is 5.75 Å². The van der Waals surface area contributed by atoms with Gasteiger partial charge in [0, 0.05) is 11.3 Å². The fourth-order valence-electron chi connectivity index (χ4n) is 3.75. The largest absolute Gasteiger partial charge is 0.494 e. The van der Waals surface area contributed by atoms with Crippen molar-refractivity contribution in [3.05, 3.63) is 100 Å². The summed E-state index contributed by atoms with van der Waals surface area (Å²) in [5.41, 5.74) is 4.16. The summed E-state index contributed by atoms with van der Waals surface area (Å²) in [5.74, 6) is -0.758. The van der Waals surface area contributed by atoms with Crippen molar-refractivity contribution in [1.82, 2.24) is 4.90 Å². The minimum Gasteiger partial charge on any atom is -0.494 e. The van der Waals surface area contributed by atoms with E-state index < -0.39 is 17.6 Å². The second kappa shape index (κ2) is 9.28. The van der Waals surface area contributed by atoms with Gasteiger partial charge >= 0.3 is 0 Å². The number of imide groups is 1. The van der Waals surface area contributed by atoms with E-state index >= 15 is 0 Å². The molecule has 0 unspecified atom stereocenters. The summed E-state index contributed by atoms with van der Waals surface area (Å²) >= 11 is 0. The minimum absolute atomic E-state index is 0.150. The maximum atomic E-state index is 14.3. The first-order valence-corrected chi connectivity index (χ1v) is 10.8. The Morgan fingerprint density at radius 1 is 0.909 bits per heavy atom. The van der Waals surface area contributed by atoms with Crippen LogP contribution in [0, 0.1) is 19.7 Å². The third-order valence-corrected chi connectivity index (χ3v) is 5.68. The maximum Gasteiger partial charge on any atom is 0.278 e. The Bertz CT molecular complexity index is 1250. The van der Waals surface area contributed by atoms with Crippen molar-refractivity contribution in [2.75, 3.05) is 11.9 Å². The summed E-state index contributed by atoms with van der Waals surface area (Å²) in [6.45, 7) is 6.25. The number of amides is 2. The van der Waals surface area contributed by atoms with E-state index in [1.54, 1.807) is 42.5 Å². The van der Waals surface area contributed by atoms with Crippen LogP contribution < -0.4 is 10.1 Å². The summed E-state index contributed by atoms with van der Waals surface area (Å²) in [5, 5.41) is 3.15. The normalized spacial score (nSPS) is 13.6. The Kier molecular flexibility index (Phi) is 6.27. The molecule has 5 nitrogen and oxygen atoms in total. The molecule has 0 fully saturated rings. The summed E-state index contributed by atoms with van der Waals surface area (Å²) in [6, 6.07) is 18.9. The molecule has 1 aliphatic heterocycles. The van der Waals surface area contributed by atoms with Crippen LogP contribution in [0.25, 0.3) is 5.57 Å². The van der Waals surface area contributed by atoms with Gasteiger partial charge in [-0.05, 0) is 67.8 Å². The number of anilines is 1. The molecule has 0 radical (unpaired) electrons. The van der Waals surface area contributed by atoms with Gasteiger partial charge in [0.15, 0.2) is 0 Å². The van der Waals surface area contributed by atoms with Crippen molar-refractivity contribution >= 4 is 23.1 Å². The molecule has 1 N–H and O–H groups in total. The van der Waals surface area contributed by atoms with Gasteiger partial charge in [0.2, 0.25) is 0 Å². The molecule has 0 aliphatic carbocycles. The number of benzene rings is 3. The lowest BCUT2D eigenvalue weighted by Gasteiger charge is -2.16. The van der Waals surface area contributed by atoms with E-state index in [0.717, 1.165) is 16.0 Å². The first-order chi connectivity index (χ1) is 15.9. The van der Waals surface area contributed by atoms with Crippen molar-refractivity contribution in [1.29, 1.82) is 0 Å². The smallest absolute Gasteiger partial charge is 0.278 e. The summed E-state index contributed by atoms with van der Waals surface area (Å²) in [7, 11) is 0. The summed E-state index contributed by atoms with van der Waals surface area (Å²) in [6.07, 6.45) is 0. The second-order valence-electron chi connectivity index (χ2n) is 7.92. The van der Waals surface area contributed by atoms with Crippen molar-refractivity contribution in [3.63, 3.8) is 0 Å². The molecular formula is C27H25FN2O3. The third kappa shape index (κ3) is 4.51. The Morgan fingerprint density at radius 2 is 1.64 bits per heavy atom. The highest BCUT2D eigenvalue weighted by molar-refractivity contribution is 6.36. The van der Waals surface area contributed by atoms with Crippen LogP contribution in [0.4, 0.5) is 10.1 Å². The van der Waals surface area contributed by atoms with Gasteiger partial charge in [-0.1, -0.05) is 36.4 Å². The molecule has 0 saturated heterocycles. The predicted octanol–water partition coefficient (Wildman–Crippen LogP) is 5.23. The van der Waals surface area contributed by atoms with Crippen LogP contribution >= 0.6 is 0 Å². The topological polar surface area (TPSA) is 58.6 Å². The van der Waals surface area contributed by atoms with E-state index in [-0.39, 0.29) is 23.4 Å². The lowest BCUT2D eigenvalue weighted by atomic mass is 10.0. The Morgan fingerprint density at radius 3 is 2.30 bits per heavy atom. The van der Waals surface area contributed by atoms with E-state index in [2.05, 4.69) is 5.32 Å². The monoisotopic (exact) mass is 444 g/mol. The molecule has 0 aromatic heterocycles. The number of hydrogen-bond donors (Lipinski definition) is 1. The van der Waals surface area contributed by atoms with Gasteiger partial charge in [-0.25, -0.2) is 4.39 Å². The number of nitrogens with zero attached hydrogens (tertiary/aromatic N) is 1. The fourth-order valence-corrected chi connectivity index (χ4v) is 3.75. The number of halogens is 1. The van der Waals surface area contributed by atoms with Crippen molar-refractivity contribution in [2.45, 2.75) is 27.3 Å². The van der Waals surface area contributed by atoms with Gasteiger partial charge in [0.05, 0.1) is 18.7 Å². The van der Waals surface area contributed by atoms with Gasteiger partial charge in [-0.2, -0.15) is 0 Å². The predicted molar refractivity (Wildman–Crippen MR) is 126 cm³/mol. The van der Waals surface area contributed by atoms with E-state index in [1.165, 1.54) is 6.07 Å². The number of aryl methyl sites for hydroxylation is 2. The zero-order valence-electron chi connectivity index (χ0n) is 18.8. The summed E-state index contributed by atoms with van der Waals surface area (Å²) < 4.78 is 19.8.